The van der Waals surface area contributed by atoms with E-state index in [1.807, 2.05) is 0 Å². The van der Waals surface area contributed by atoms with Crippen LogP contribution in [0.4, 0.5) is 0 Å². The summed E-state index contributed by atoms with van der Waals surface area (Å²) in [5.41, 5.74) is 0. The normalized spacial score (nSPS) is 17.9. The number of aliphatic hydroxyl groups excluding tert-OH is 1. The van der Waals surface area contributed by atoms with E-state index in [2.05, 4.69) is 10.6 Å². The Hall–Kier alpha value is -0.610. The van der Waals surface area contributed by atoms with Gasteiger partial charge in [-0.1, -0.05) is 0 Å². The lowest BCUT2D eigenvalue weighted by molar-refractivity contribution is -0.121. The minimum Gasteiger partial charge on any atom is -0.392 e. The highest BCUT2D eigenvalue weighted by atomic mass is 16.3. The Morgan fingerprint density at radius 1 is 1.57 bits per heavy atom. The lowest BCUT2D eigenvalue weighted by Crippen LogP contribution is -2.28. The minimum atomic E-state index is -0.310. The van der Waals surface area contributed by atoms with Gasteiger partial charge in [0.15, 0.2) is 0 Å². The third-order valence-corrected chi connectivity index (χ3v) is 2.14. The zero-order valence-corrected chi connectivity index (χ0v) is 8.75. The number of amides is 1. The number of nitrogens with one attached hydrogen (secondary N) is 2. The fourth-order valence-corrected chi connectivity index (χ4v) is 1.21. The lowest BCUT2D eigenvalue weighted by Gasteiger charge is -2.06. The number of rotatable bonds is 7. The Morgan fingerprint density at radius 3 is 2.86 bits per heavy atom. The molecule has 1 rings (SSSR count). The Kier molecular flexibility index (Phi) is 4.90. The standard InChI is InChI=1S/C10H20N2O2/c1-8(13)7-11-6-2-3-10(14)12-9-4-5-9/h8-9,11,13H,2-7H2,1H3,(H,12,14)/t8-/m0/s1. The summed E-state index contributed by atoms with van der Waals surface area (Å²) in [4.78, 5) is 11.2. The van der Waals surface area contributed by atoms with Gasteiger partial charge in [-0.15, -0.1) is 0 Å². The van der Waals surface area contributed by atoms with Crippen LogP contribution in [-0.4, -0.2) is 36.2 Å². The van der Waals surface area contributed by atoms with Crippen LogP contribution in [0.15, 0.2) is 0 Å². The second-order valence-electron chi connectivity index (χ2n) is 4.00. The van der Waals surface area contributed by atoms with Gasteiger partial charge in [-0.25, -0.2) is 0 Å². The first-order valence-electron chi connectivity index (χ1n) is 5.36. The molecule has 4 heteroatoms. The van der Waals surface area contributed by atoms with Crippen LogP contribution in [0.3, 0.4) is 0 Å². The summed E-state index contributed by atoms with van der Waals surface area (Å²) >= 11 is 0. The number of hydrogen-bond acceptors (Lipinski definition) is 3. The van der Waals surface area contributed by atoms with Crippen molar-refractivity contribution in [2.75, 3.05) is 13.1 Å². The van der Waals surface area contributed by atoms with Gasteiger partial charge in [-0.05, 0) is 32.7 Å². The number of hydrogen-bond donors (Lipinski definition) is 3. The van der Waals surface area contributed by atoms with Gasteiger partial charge in [0.2, 0.25) is 5.91 Å². The van der Waals surface area contributed by atoms with Gasteiger partial charge in [0.05, 0.1) is 6.10 Å². The van der Waals surface area contributed by atoms with E-state index in [1.54, 1.807) is 6.92 Å². The van der Waals surface area contributed by atoms with Gasteiger partial charge in [-0.2, -0.15) is 0 Å². The summed E-state index contributed by atoms with van der Waals surface area (Å²) < 4.78 is 0. The molecule has 1 aliphatic carbocycles. The van der Waals surface area contributed by atoms with Gasteiger partial charge < -0.3 is 15.7 Å². The monoisotopic (exact) mass is 200 g/mol. The molecule has 4 nitrogen and oxygen atoms in total. The van der Waals surface area contributed by atoms with Crippen LogP contribution in [0.25, 0.3) is 0 Å². The summed E-state index contributed by atoms with van der Waals surface area (Å²) in [5.74, 6) is 0.159. The fourth-order valence-electron chi connectivity index (χ4n) is 1.21. The highest BCUT2D eigenvalue weighted by Crippen LogP contribution is 2.18. The quantitative estimate of drug-likeness (QED) is 0.508. The summed E-state index contributed by atoms with van der Waals surface area (Å²) in [6.45, 7) is 3.14. The van der Waals surface area contributed by atoms with Crippen molar-refractivity contribution in [3.63, 3.8) is 0 Å². The zero-order chi connectivity index (χ0) is 10.4. The summed E-state index contributed by atoms with van der Waals surface area (Å²) in [6, 6.07) is 0.466. The Labute approximate surface area is 85.1 Å². The average molecular weight is 200 g/mol. The molecule has 3 N–H and O–H groups in total. The van der Waals surface area contributed by atoms with E-state index in [9.17, 15) is 4.79 Å². The first kappa shape index (κ1) is 11.5. The number of carbonyl (C=O) groups excluding carboxylic acids is 1. The summed E-state index contributed by atoms with van der Waals surface area (Å²) in [6.07, 6.45) is 3.40. The molecule has 1 aliphatic rings. The molecule has 14 heavy (non-hydrogen) atoms. The van der Waals surface area contributed by atoms with Gasteiger partial charge in [0.1, 0.15) is 0 Å². The van der Waals surface area contributed by atoms with E-state index in [0.717, 1.165) is 25.8 Å². The van der Waals surface area contributed by atoms with Crippen molar-refractivity contribution in [3.05, 3.63) is 0 Å². The van der Waals surface area contributed by atoms with Crippen LogP contribution in [0, 0.1) is 0 Å². The topological polar surface area (TPSA) is 61.4 Å². The first-order chi connectivity index (χ1) is 6.68. The van der Waals surface area contributed by atoms with Gasteiger partial charge >= 0.3 is 0 Å². The van der Waals surface area contributed by atoms with Crippen LogP contribution >= 0.6 is 0 Å². The Bertz CT molecular complexity index is 179. The van der Waals surface area contributed by atoms with Crippen molar-refractivity contribution in [1.82, 2.24) is 10.6 Å². The fraction of sp³-hybridized carbons (Fsp3) is 0.900. The largest absolute Gasteiger partial charge is 0.392 e. The molecular weight excluding hydrogens is 180 g/mol. The summed E-state index contributed by atoms with van der Waals surface area (Å²) in [7, 11) is 0. The molecule has 0 radical (unpaired) electrons. The molecule has 0 aromatic carbocycles. The van der Waals surface area contributed by atoms with Crippen molar-refractivity contribution >= 4 is 5.91 Å². The molecule has 0 spiro atoms. The molecule has 82 valence electrons. The predicted octanol–water partition coefficient (Wildman–Crippen LogP) is 0.0156. The van der Waals surface area contributed by atoms with Crippen LogP contribution in [0.5, 0.6) is 0 Å². The SMILES string of the molecule is C[C@H](O)CNCCCC(=O)NC1CC1. The van der Waals surface area contributed by atoms with E-state index in [1.165, 1.54) is 0 Å². The number of aliphatic hydroxyl groups is 1. The maximum atomic E-state index is 11.2. The maximum Gasteiger partial charge on any atom is 0.220 e. The molecule has 1 saturated carbocycles. The molecule has 0 aliphatic heterocycles. The molecule has 1 atom stereocenters. The van der Waals surface area contributed by atoms with E-state index < -0.39 is 0 Å². The van der Waals surface area contributed by atoms with E-state index in [0.29, 0.717) is 19.0 Å². The van der Waals surface area contributed by atoms with Gasteiger partial charge in [-0.3, -0.25) is 4.79 Å². The smallest absolute Gasteiger partial charge is 0.220 e. The molecule has 0 bridgehead atoms. The molecule has 0 saturated heterocycles. The second kappa shape index (κ2) is 5.98. The molecule has 0 aromatic rings. The highest BCUT2D eigenvalue weighted by Gasteiger charge is 2.22. The molecule has 0 unspecified atom stereocenters. The summed E-state index contributed by atoms with van der Waals surface area (Å²) in [5, 5.41) is 15.0. The lowest BCUT2D eigenvalue weighted by atomic mass is 10.3. The van der Waals surface area contributed by atoms with E-state index in [4.69, 9.17) is 5.11 Å². The number of carbonyl (C=O) groups is 1. The van der Waals surface area contributed by atoms with Gasteiger partial charge in [0, 0.05) is 19.0 Å². The van der Waals surface area contributed by atoms with E-state index in [-0.39, 0.29) is 12.0 Å². The maximum absolute atomic E-state index is 11.2. The predicted molar refractivity (Wildman–Crippen MR) is 54.9 cm³/mol. The molecular formula is C10H20N2O2. The van der Waals surface area contributed by atoms with Crippen LogP contribution in [0.2, 0.25) is 0 Å². The van der Waals surface area contributed by atoms with Crippen LogP contribution < -0.4 is 10.6 Å². The second-order valence-corrected chi connectivity index (χ2v) is 4.00. The molecule has 0 heterocycles. The van der Waals surface area contributed by atoms with Crippen molar-refractivity contribution in [2.45, 2.75) is 44.8 Å². The highest BCUT2D eigenvalue weighted by molar-refractivity contribution is 5.76. The first-order valence-corrected chi connectivity index (χ1v) is 5.36. The molecule has 0 aromatic heterocycles. The third-order valence-electron chi connectivity index (χ3n) is 2.14. The van der Waals surface area contributed by atoms with Crippen molar-refractivity contribution in [2.24, 2.45) is 0 Å². The van der Waals surface area contributed by atoms with Crippen LogP contribution in [-0.2, 0) is 4.79 Å². The molecule has 1 amide bonds. The average Bonchev–Trinajstić information content (AvgIpc) is 2.87. The van der Waals surface area contributed by atoms with Crippen molar-refractivity contribution < 1.29 is 9.90 Å². The van der Waals surface area contributed by atoms with E-state index >= 15 is 0 Å². The third kappa shape index (κ3) is 5.94. The van der Waals surface area contributed by atoms with Gasteiger partial charge in [0.25, 0.3) is 0 Å². The van der Waals surface area contributed by atoms with Crippen molar-refractivity contribution in [3.8, 4) is 0 Å². The van der Waals surface area contributed by atoms with Crippen molar-refractivity contribution in [1.29, 1.82) is 0 Å². The Balaban J connectivity index is 1.84. The zero-order valence-electron chi connectivity index (χ0n) is 8.75. The Morgan fingerprint density at radius 2 is 2.29 bits per heavy atom. The molecule has 1 fully saturated rings. The minimum absolute atomic E-state index is 0.159. The van der Waals surface area contributed by atoms with Crippen LogP contribution in [0.1, 0.15) is 32.6 Å².